The molecule has 1 saturated carbocycles. The number of hydrogen-bond acceptors (Lipinski definition) is 2. The molecule has 19 heavy (non-hydrogen) atoms. The molecule has 0 aromatic heterocycles. The summed E-state index contributed by atoms with van der Waals surface area (Å²) in [6.07, 6.45) is 4.90. The maximum absolute atomic E-state index is 13.8. The normalized spacial score (nSPS) is 16.1. The SMILES string of the molecule is NCCCCCC(=O)NC1(c2ccccc2F)CC1. The fraction of sp³-hybridized carbons (Fsp3) is 0.533. The summed E-state index contributed by atoms with van der Waals surface area (Å²) >= 11 is 0. The third-order valence-electron chi connectivity index (χ3n) is 3.63. The molecule has 0 atom stereocenters. The molecular formula is C15H21FN2O. The van der Waals surface area contributed by atoms with Gasteiger partial charge in [-0.05, 0) is 38.3 Å². The number of nitrogens with one attached hydrogen (secondary N) is 1. The summed E-state index contributed by atoms with van der Waals surface area (Å²) in [6, 6.07) is 6.69. The summed E-state index contributed by atoms with van der Waals surface area (Å²) < 4.78 is 13.8. The lowest BCUT2D eigenvalue weighted by Crippen LogP contribution is -2.35. The van der Waals surface area contributed by atoms with Crippen LogP contribution in [0.1, 0.15) is 44.1 Å². The van der Waals surface area contributed by atoms with Gasteiger partial charge in [0.1, 0.15) is 5.82 Å². The van der Waals surface area contributed by atoms with Crippen LogP contribution in [0.5, 0.6) is 0 Å². The largest absolute Gasteiger partial charge is 0.346 e. The first-order chi connectivity index (χ1) is 9.18. The molecule has 0 saturated heterocycles. The van der Waals surface area contributed by atoms with Crippen molar-refractivity contribution in [2.45, 2.75) is 44.1 Å². The molecule has 0 heterocycles. The number of rotatable bonds is 7. The molecule has 1 aliphatic carbocycles. The van der Waals surface area contributed by atoms with Crippen molar-refractivity contribution < 1.29 is 9.18 Å². The van der Waals surface area contributed by atoms with Crippen LogP contribution in [0.25, 0.3) is 0 Å². The average molecular weight is 264 g/mol. The summed E-state index contributed by atoms with van der Waals surface area (Å²) in [7, 11) is 0. The van der Waals surface area contributed by atoms with Crippen molar-refractivity contribution in [2.75, 3.05) is 6.54 Å². The van der Waals surface area contributed by atoms with Crippen LogP contribution >= 0.6 is 0 Å². The molecule has 1 amide bonds. The first kappa shape index (κ1) is 14.0. The maximum Gasteiger partial charge on any atom is 0.220 e. The quantitative estimate of drug-likeness (QED) is 0.743. The van der Waals surface area contributed by atoms with Gasteiger partial charge in [0.2, 0.25) is 5.91 Å². The number of amides is 1. The number of benzene rings is 1. The Hall–Kier alpha value is -1.42. The molecular weight excluding hydrogens is 243 g/mol. The van der Waals surface area contributed by atoms with Gasteiger partial charge in [-0.3, -0.25) is 4.79 Å². The summed E-state index contributed by atoms with van der Waals surface area (Å²) in [5, 5.41) is 2.99. The highest BCUT2D eigenvalue weighted by atomic mass is 19.1. The van der Waals surface area contributed by atoms with Crippen molar-refractivity contribution >= 4 is 5.91 Å². The molecule has 0 bridgehead atoms. The van der Waals surface area contributed by atoms with Crippen LogP contribution in [-0.2, 0) is 10.3 Å². The van der Waals surface area contributed by atoms with E-state index in [2.05, 4.69) is 5.32 Å². The molecule has 1 aliphatic rings. The van der Waals surface area contributed by atoms with Gasteiger partial charge in [0.05, 0.1) is 5.54 Å². The Balaban J connectivity index is 1.88. The lowest BCUT2D eigenvalue weighted by atomic mass is 10.0. The van der Waals surface area contributed by atoms with Gasteiger partial charge in [-0.2, -0.15) is 0 Å². The molecule has 1 aromatic rings. The Kier molecular flexibility index (Phi) is 4.53. The van der Waals surface area contributed by atoms with Gasteiger partial charge in [-0.15, -0.1) is 0 Å². The Bertz CT molecular complexity index is 444. The highest BCUT2D eigenvalue weighted by Crippen LogP contribution is 2.46. The van der Waals surface area contributed by atoms with Crippen LogP contribution in [0, 0.1) is 5.82 Å². The van der Waals surface area contributed by atoms with Crippen molar-refractivity contribution in [1.29, 1.82) is 0 Å². The molecule has 0 radical (unpaired) electrons. The van der Waals surface area contributed by atoms with Gasteiger partial charge in [-0.25, -0.2) is 4.39 Å². The van der Waals surface area contributed by atoms with E-state index in [4.69, 9.17) is 5.73 Å². The Morgan fingerprint density at radius 1 is 1.26 bits per heavy atom. The second-order valence-electron chi connectivity index (χ2n) is 5.21. The predicted octanol–water partition coefficient (Wildman–Crippen LogP) is 2.45. The highest BCUT2D eigenvalue weighted by Gasteiger charge is 2.47. The van der Waals surface area contributed by atoms with Crippen molar-refractivity contribution in [3.8, 4) is 0 Å². The Morgan fingerprint density at radius 3 is 2.63 bits per heavy atom. The molecule has 1 fully saturated rings. The standard InChI is InChI=1S/C15H21FN2O/c16-13-7-4-3-6-12(13)15(9-10-15)18-14(19)8-2-1-5-11-17/h3-4,6-7H,1-2,5,8-11,17H2,(H,18,19). The van der Waals surface area contributed by atoms with Crippen LogP contribution in [0.4, 0.5) is 4.39 Å². The van der Waals surface area contributed by atoms with Crippen LogP contribution in [-0.4, -0.2) is 12.5 Å². The van der Waals surface area contributed by atoms with E-state index >= 15 is 0 Å². The molecule has 0 spiro atoms. The maximum atomic E-state index is 13.8. The third kappa shape index (κ3) is 3.53. The summed E-state index contributed by atoms with van der Waals surface area (Å²) in [4.78, 5) is 11.9. The first-order valence-corrected chi connectivity index (χ1v) is 6.94. The smallest absolute Gasteiger partial charge is 0.220 e. The van der Waals surface area contributed by atoms with E-state index in [1.54, 1.807) is 12.1 Å². The monoisotopic (exact) mass is 264 g/mol. The topological polar surface area (TPSA) is 55.1 Å². The lowest BCUT2D eigenvalue weighted by Gasteiger charge is -2.18. The Morgan fingerprint density at radius 2 is 2.00 bits per heavy atom. The van der Waals surface area contributed by atoms with Gasteiger partial charge in [-0.1, -0.05) is 24.6 Å². The minimum atomic E-state index is -0.448. The Labute approximate surface area is 113 Å². The number of carbonyl (C=O) groups is 1. The fourth-order valence-corrected chi connectivity index (χ4v) is 2.37. The van der Waals surface area contributed by atoms with Gasteiger partial charge in [0, 0.05) is 12.0 Å². The van der Waals surface area contributed by atoms with Crippen molar-refractivity contribution in [3.63, 3.8) is 0 Å². The fourth-order valence-electron chi connectivity index (χ4n) is 2.37. The van der Waals surface area contributed by atoms with Crippen molar-refractivity contribution in [1.82, 2.24) is 5.32 Å². The van der Waals surface area contributed by atoms with Gasteiger partial charge >= 0.3 is 0 Å². The van der Waals surface area contributed by atoms with E-state index in [1.165, 1.54) is 6.07 Å². The average Bonchev–Trinajstić information content (AvgIpc) is 3.16. The summed E-state index contributed by atoms with van der Waals surface area (Å²) in [6.45, 7) is 0.667. The zero-order valence-corrected chi connectivity index (χ0v) is 11.1. The first-order valence-electron chi connectivity index (χ1n) is 6.94. The number of nitrogens with two attached hydrogens (primary N) is 1. The lowest BCUT2D eigenvalue weighted by molar-refractivity contribution is -0.122. The van der Waals surface area contributed by atoms with E-state index in [1.807, 2.05) is 6.07 Å². The second kappa shape index (κ2) is 6.15. The summed E-state index contributed by atoms with van der Waals surface area (Å²) in [5.74, 6) is -0.221. The van der Waals surface area contributed by atoms with E-state index in [0.717, 1.165) is 32.1 Å². The third-order valence-corrected chi connectivity index (χ3v) is 3.63. The van der Waals surface area contributed by atoms with Gasteiger partial charge in [0.15, 0.2) is 0 Å². The zero-order valence-electron chi connectivity index (χ0n) is 11.1. The highest BCUT2D eigenvalue weighted by molar-refractivity contribution is 5.77. The summed E-state index contributed by atoms with van der Waals surface area (Å²) in [5.41, 5.74) is 5.58. The molecule has 3 N–H and O–H groups in total. The van der Waals surface area contributed by atoms with E-state index in [0.29, 0.717) is 18.5 Å². The van der Waals surface area contributed by atoms with Gasteiger partial charge in [0.25, 0.3) is 0 Å². The van der Waals surface area contributed by atoms with E-state index in [9.17, 15) is 9.18 Å². The molecule has 0 aliphatic heterocycles. The molecule has 3 nitrogen and oxygen atoms in total. The van der Waals surface area contributed by atoms with Crippen LogP contribution in [0.15, 0.2) is 24.3 Å². The minimum Gasteiger partial charge on any atom is -0.346 e. The molecule has 0 unspecified atom stereocenters. The minimum absolute atomic E-state index is 0.0118. The molecule has 104 valence electrons. The number of carbonyl (C=O) groups excluding carboxylic acids is 1. The predicted molar refractivity (Wildman–Crippen MR) is 73.0 cm³/mol. The van der Waals surface area contributed by atoms with Crippen molar-refractivity contribution in [3.05, 3.63) is 35.6 Å². The second-order valence-corrected chi connectivity index (χ2v) is 5.21. The molecule has 1 aromatic carbocycles. The van der Waals surface area contributed by atoms with Crippen molar-refractivity contribution in [2.24, 2.45) is 5.73 Å². The zero-order chi connectivity index (χ0) is 13.7. The van der Waals surface area contributed by atoms with Crippen LogP contribution < -0.4 is 11.1 Å². The number of hydrogen-bond donors (Lipinski definition) is 2. The molecule has 2 rings (SSSR count). The number of halogens is 1. The van der Waals surface area contributed by atoms with Crippen LogP contribution in [0.2, 0.25) is 0 Å². The van der Waals surface area contributed by atoms with Crippen LogP contribution in [0.3, 0.4) is 0 Å². The number of unbranched alkanes of at least 4 members (excludes halogenated alkanes) is 2. The van der Waals surface area contributed by atoms with E-state index < -0.39 is 5.54 Å². The van der Waals surface area contributed by atoms with E-state index in [-0.39, 0.29) is 11.7 Å². The molecule has 4 heteroatoms. The van der Waals surface area contributed by atoms with Gasteiger partial charge < -0.3 is 11.1 Å².